The molecule has 0 saturated carbocycles. The minimum Gasteiger partial charge on any atom is -0.351 e. The van der Waals surface area contributed by atoms with Crippen LogP contribution < -0.4 is 4.90 Å². The fourth-order valence-corrected chi connectivity index (χ4v) is 2.33. The topological polar surface area (TPSA) is 20.3 Å². The molecule has 0 aromatic heterocycles. The van der Waals surface area contributed by atoms with Crippen molar-refractivity contribution in [3.8, 4) is 0 Å². The first-order chi connectivity index (χ1) is 9.75. The van der Waals surface area contributed by atoms with Gasteiger partial charge < -0.3 is 4.90 Å². The van der Waals surface area contributed by atoms with Crippen molar-refractivity contribution in [1.82, 2.24) is 0 Å². The number of anilines is 1. The molecule has 20 heavy (non-hydrogen) atoms. The summed E-state index contributed by atoms with van der Waals surface area (Å²) in [5.41, 5.74) is 4.17. The molecule has 0 amide bonds. The summed E-state index contributed by atoms with van der Waals surface area (Å²) in [5.74, 6) is 0.0505. The summed E-state index contributed by atoms with van der Waals surface area (Å²) in [5, 5.41) is 0. The van der Waals surface area contributed by atoms with Crippen molar-refractivity contribution in [3.63, 3.8) is 0 Å². The zero-order valence-corrected chi connectivity index (χ0v) is 11.3. The second-order valence-corrected chi connectivity index (χ2v) is 4.77. The van der Waals surface area contributed by atoms with Crippen LogP contribution in [0.2, 0.25) is 0 Å². The Morgan fingerprint density at radius 2 is 1.70 bits per heavy atom. The van der Waals surface area contributed by atoms with Crippen LogP contribution in [0.1, 0.15) is 5.56 Å². The Labute approximate surface area is 118 Å². The Bertz CT molecular complexity index is 702. The lowest BCUT2D eigenvalue weighted by molar-refractivity contribution is -0.111. The molecule has 0 bridgehead atoms. The lowest BCUT2D eigenvalue weighted by atomic mass is 9.98. The SMILES string of the molecule is CN1C=C/C(=C/C=C2/C=CC=CC2=O)c2ccccc21. The smallest absolute Gasteiger partial charge is 0.185 e. The molecule has 0 unspecified atom stereocenters. The summed E-state index contributed by atoms with van der Waals surface area (Å²) in [6, 6.07) is 8.25. The first-order valence-corrected chi connectivity index (χ1v) is 6.57. The molecule has 98 valence electrons. The van der Waals surface area contributed by atoms with Crippen LogP contribution in [0.15, 0.2) is 78.6 Å². The predicted molar refractivity (Wildman–Crippen MR) is 83.3 cm³/mol. The van der Waals surface area contributed by atoms with Crippen molar-refractivity contribution in [2.45, 2.75) is 0 Å². The highest BCUT2D eigenvalue weighted by atomic mass is 16.1. The molecule has 0 radical (unpaired) electrons. The molecule has 1 aliphatic heterocycles. The largest absolute Gasteiger partial charge is 0.351 e. The van der Waals surface area contributed by atoms with Gasteiger partial charge in [0.05, 0.1) is 0 Å². The lowest BCUT2D eigenvalue weighted by Crippen LogP contribution is -2.13. The van der Waals surface area contributed by atoms with E-state index < -0.39 is 0 Å². The predicted octanol–water partition coefficient (Wildman–Crippen LogP) is 3.66. The molecule has 1 aromatic rings. The van der Waals surface area contributed by atoms with E-state index in [-0.39, 0.29) is 5.78 Å². The average molecular weight is 261 g/mol. The Morgan fingerprint density at radius 1 is 0.950 bits per heavy atom. The molecule has 1 aliphatic carbocycles. The number of fused-ring (bicyclic) bond motifs is 1. The van der Waals surface area contributed by atoms with Gasteiger partial charge in [0.1, 0.15) is 0 Å². The molecule has 0 atom stereocenters. The standard InChI is InChI=1S/C18H15NO/c1-19-13-12-14(16-7-3-4-8-17(16)19)10-11-15-6-2-5-9-18(15)20/h2-13H,1H3/b14-10-,15-11-. The molecule has 3 rings (SSSR count). The molecule has 2 heteroatoms. The van der Waals surface area contributed by atoms with Crippen molar-refractivity contribution in [2.75, 3.05) is 11.9 Å². The first-order valence-electron chi connectivity index (χ1n) is 6.57. The number of benzene rings is 1. The highest BCUT2D eigenvalue weighted by Gasteiger charge is 2.12. The molecule has 2 aliphatic rings. The monoisotopic (exact) mass is 261 g/mol. The van der Waals surface area contributed by atoms with E-state index >= 15 is 0 Å². The molecular weight excluding hydrogens is 246 g/mol. The van der Waals surface area contributed by atoms with Gasteiger partial charge >= 0.3 is 0 Å². The Balaban J connectivity index is 1.99. The van der Waals surface area contributed by atoms with Gasteiger partial charge in [0.25, 0.3) is 0 Å². The Hall–Kier alpha value is -2.61. The van der Waals surface area contributed by atoms with Gasteiger partial charge in [-0.25, -0.2) is 0 Å². The third kappa shape index (κ3) is 2.28. The van der Waals surface area contributed by atoms with Crippen LogP contribution in [0.4, 0.5) is 5.69 Å². The highest BCUT2D eigenvalue weighted by molar-refractivity contribution is 6.07. The van der Waals surface area contributed by atoms with Crippen LogP contribution in [-0.4, -0.2) is 12.8 Å². The van der Waals surface area contributed by atoms with Gasteiger partial charge in [0, 0.05) is 30.1 Å². The van der Waals surface area contributed by atoms with Crippen LogP contribution in [-0.2, 0) is 4.79 Å². The maximum absolute atomic E-state index is 11.7. The first kappa shape index (κ1) is 12.4. The second kappa shape index (κ2) is 5.17. The number of carbonyl (C=O) groups excluding carboxylic acids is 1. The van der Waals surface area contributed by atoms with Crippen LogP contribution in [0.25, 0.3) is 5.57 Å². The average Bonchev–Trinajstić information content (AvgIpc) is 2.48. The van der Waals surface area contributed by atoms with E-state index in [9.17, 15) is 4.79 Å². The van der Waals surface area contributed by atoms with E-state index in [2.05, 4.69) is 23.1 Å². The normalized spacial score (nSPS) is 20.9. The second-order valence-electron chi connectivity index (χ2n) is 4.77. The zero-order chi connectivity index (χ0) is 13.9. The number of rotatable bonds is 1. The number of nitrogens with zero attached hydrogens (tertiary/aromatic N) is 1. The van der Waals surface area contributed by atoms with E-state index in [1.165, 1.54) is 11.3 Å². The number of carbonyl (C=O) groups is 1. The number of para-hydroxylation sites is 1. The Kier molecular flexibility index (Phi) is 3.21. The summed E-state index contributed by atoms with van der Waals surface area (Å²) < 4.78 is 0. The van der Waals surface area contributed by atoms with Crippen LogP contribution in [0, 0.1) is 0 Å². The summed E-state index contributed by atoms with van der Waals surface area (Å²) >= 11 is 0. The number of allylic oxidation sites excluding steroid dienone is 9. The number of hydrogen-bond acceptors (Lipinski definition) is 2. The van der Waals surface area contributed by atoms with Crippen molar-refractivity contribution in [2.24, 2.45) is 0 Å². The molecular formula is C18H15NO. The van der Waals surface area contributed by atoms with Crippen LogP contribution >= 0.6 is 0 Å². The Morgan fingerprint density at radius 3 is 2.55 bits per heavy atom. The maximum Gasteiger partial charge on any atom is 0.185 e. The zero-order valence-electron chi connectivity index (χ0n) is 11.3. The minimum atomic E-state index is 0.0505. The molecule has 0 saturated heterocycles. The maximum atomic E-state index is 11.7. The third-order valence-corrected chi connectivity index (χ3v) is 3.43. The molecule has 1 heterocycles. The molecule has 1 aromatic carbocycles. The van der Waals surface area contributed by atoms with E-state index in [0.717, 1.165) is 5.57 Å². The van der Waals surface area contributed by atoms with Crippen LogP contribution in [0.5, 0.6) is 0 Å². The summed E-state index contributed by atoms with van der Waals surface area (Å²) in [6.07, 6.45) is 15.0. The quantitative estimate of drug-likeness (QED) is 0.719. The van der Waals surface area contributed by atoms with Crippen molar-refractivity contribution >= 4 is 17.0 Å². The third-order valence-electron chi connectivity index (χ3n) is 3.43. The summed E-state index contributed by atoms with van der Waals surface area (Å²) in [6.45, 7) is 0. The van der Waals surface area contributed by atoms with Gasteiger partial charge in [-0.15, -0.1) is 0 Å². The van der Waals surface area contributed by atoms with E-state index in [4.69, 9.17) is 0 Å². The molecule has 0 fully saturated rings. The van der Waals surface area contributed by atoms with E-state index in [0.29, 0.717) is 5.57 Å². The fraction of sp³-hybridized carbons (Fsp3) is 0.0556. The van der Waals surface area contributed by atoms with E-state index in [1.54, 1.807) is 12.2 Å². The molecule has 2 nitrogen and oxygen atoms in total. The molecule has 0 spiro atoms. The van der Waals surface area contributed by atoms with Gasteiger partial charge in [0.15, 0.2) is 5.78 Å². The van der Waals surface area contributed by atoms with Gasteiger partial charge in [-0.2, -0.15) is 0 Å². The van der Waals surface area contributed by atoms with Gasteiger partial charge in [-0.05, 0) is 23.8 Å². The fourth-order valence-electron chi connectivity index (χ4n) is 2.33. The summed E-state index contributed by atoms with van der Waals surface area (Å²) in [4.78, 5) is 13.8. The van der Waals surface area contributed by atoms with E-state index in [1.807, 2.05) is 49.7 Å². The van der Waals surface area contributed by atoms with Gasteiger partial charge in [0.2, 0.25) is 0 Å². The molecule has 0 N–H and O–H groups in total. The van der Waals surface area contributed by atoms with Crippen molar-refractivity contribution in [3.05, 3.63) is 84.1 Å². The van der Waals surface area contributed by atoms with Crippen molar-refractivity contribution in [1.29, 1.82) is 0 Å². The van der Waals surface area contributed by atoms with Gasteiger partial charge in [-0.1, -0.05) is 48.6 Å². The van der Waals surface area contributed by atoms with Crippen LogP contribution in [0.3, 0.4) is 0 Å². The van der Waals surface area contributed by atoms with Crippen molar-refractivity contribution < 1.29 is 4.79 Å². The van der Waals surface area contributed by atoms with Gasteiger partial charge in [-0.3, -0.25) is 4.79 Å². The minimum absolute atomic E-state index is 0.0505. The number of hydrogen-bond donors (Lipinski definition) is 0. The summed E-state index contributed by atoms with van der Waals surface area (Å²) in [7, 11) is 2.03. The lowest BCUT2D eigenvalue weighted by Gasteiger charge is -2.23. The highest BCUT2D eigenvalue weighted by Crippen LogP contribution is 2.31. The number of ketones is 1.